The summed E-state index contributed by atoms with van der Waals surface area (Å²) in [5.74, 6) is 0.562. The van der Waals surface area contributed by atoms with E-state index >= 15 is 0 Å². The van der Waals surface area contributed by atoms with Crippen LogP contribution in [-0.4, -0.2) is 0 Å². The quantitative estimate of drug-likeness (QED) is 0.796. The molecule has 1 nitrogen and oxygen atoms in total. The lowest BCUT2D eigenvalue weighted by atomic mass is 9.94. The second kappa shape index (κ2) is 6.01. The van der Waals surface area contributed by atoms with E-state index in [4.69, 9.17) is 5.73 Å². The minimum atomic E-state index is 0. The highest BCUT2D eigenvalue weighted by Crippen LogP contribution is 2.20. The van der Waals surface area contributed by atoms with Gasteiger partial charge in [0.1, 0.15) is 0 Å². The van der Waals surface area contributed by atoms with Crippen LogP contribution in [0.2, 0.25) is 0 Å². The molecule has 0 saturated heterocycles. The van der Waals surface area contributed by atoms with Crippen LogP contribution in [0.3, 0.4) is 0 Å². The van der Waals surface area contributed by atoms with Gasteiger partial charge in [0.25, 0.3) is 0 Å². The number of nitrogens with two attached hydrogens (primary N) is 1. The van der Waals surface area contributed by atoms with Crippen LogP contribution in [0.15, 0.2) is 30.3 Å². The zero-order valence-electron chi connectivity index (χ0n) is 8.23. The molecule has 0 aliphatic carbocycles. The van der Waals surface area contributed by atoms with E-state index in [0.29, 0.717) is 5.92 Å². The van der Waals surface area contributed by atoms with Crippen molar-refractivity contribution in [3.63, 3.8) is 0 Å². The van der Waals surface area contributed by atoms with Gasteiger partial charge in [-0.3, -0.25) is 0 Å². The Hall–Kier alpha value is -0.530. The number of halogens is 1. The third-order valence-electron chi connectivity index (χ3n) is 2.44. The Morgan fingerprint density at radius 3 is 2.23 bits per heavy atom. The zero-order valence-corrected chi connectivity index (χ0v) is 9.05. The number of rotatable bonds is 3. The fourth-order valence-corrected chi connectivity index (χ4v) is 1.26. The molecular formula is C11H18ClN. The molecule has 0 aliphatic heterocycles. The number of benzene rings is 1. The Morgan fingerprint density at radius 2 is 1.77 bits per heavy atom. The molecule has 74 valence electrons. The van der Waals surface area contributed by atoms with Crippen molar-refractivity contribution in [2.75, 3.05) is 0 Å². The molecule has 0 fully saturated rings. The summed E-state index contributed by atoms with van der Waals surface area (Å²) in [6.45, 7) is 4.37. The van der Waals surface area contributed by atoms with Crippen molar-refractivity contribution in [2.45, 2.75) is 26.3 Å². The summed E-state index contributed by atoms with van der Waals surface area (Å²) in [5, 5.41) is 0. The van der Waals surface area contributed by atoms with Crippen LogP contribution in [0.25, 0.3) is 0 Å². The van der Waals surface area contributed by atoms with Gasteiger partial charge in [0.05, 0.1) is 0 Å². The van der Waals surface area contributed by atoms with Gasteiger partial charge in [-0.15, -0.1) is 12.4 Å². The Balaban J connectivity index is 0.00000144. The minimum Gasteiger partial charge on any atom is -0.324 e. The fraction of sp³-hybridized carbons (Fsp3) is 0.455. The average Bonchev–Trinajstić information content (AvgIpc) is 2.17. The maximum atomic E-state index is 6.05. The van der Waals surface area contributed by atoms with E-state index < -0.39 is 0 Å². The normalized spacial score (nSPS) is 14.4. The van der Waals surface area contributed by atoms with Crippen LogP contribution in [0.5, 0.6) is 0 Å². The second-order valence-corrected chi connectivity index (χ2v) is 3.32. The monoisotopic (exact) mass is 199 g/mol. The summed E-state index contributed by atoms with van der Waals surface area (Å²) in [6, 6.07) is 10.5. The minimum absolute atomic E-state index is 0. The van der Waals surface area contributed by atoms with Gasteiger partial charge in [0.15, 0.2) is 0 Å². The van der Waals surface area contributed by atoms with Crippen LogP contribution < -0.4 is 5.73 Å². The van der Waals surface area contributed by atoms with Crippen molar-refractivity contribution >= 4 is 12.4 Å². The van der Waals surface area contributed by atoms with Gasteiger partial charge < -0.3 is 5.73 Å². The Kier molecular flexibility index (Phi) is 5.76. The average molecular weight is 200 g/mol. The molecule has 1 aromatic carbocycles. The maximum absolute atomic E-state index is 6.05. The van der Waals surface area contributed by atoms with Crippen molar-refractivity contribution in [3.05, 3.63) is 35.9 Å². The topological polar surface area (TPSA) is 26.0 Å². The van der Waals surface area contributed by atoms with Gasteiger partial charge in [-0.05, 0) is 11.5 Å². The van der Waals surface area contributed by atoms with E-state index in [9.17, 15) is 0 Å². The van der Waals surface area contributed by atoms with Crippen molar-refractivity contribution in [1.29, 1.82) is 0 Å². The van der Waals surface area contributed by atoms with E-state index in [1.807, 2.05) is 18.2 Å². The van der Waals surface area contributed by atoms with Crippen LogP contribution in [0, 0.1) is 5.92 Å². The van der Waals surface area contributed by atoms with E-state index in [-0.39, 0.29) is 18.4 Å². The molecule has 0 heterocycles. The van der Waals surface area contributed by atoms with E-state index in [0.717, 1.165) is 6.42 Å². The van der Waals surface area contributed by atoms with E-state index in [1.165, 1.54) is 5.56 Å². The first-order valence-electron chi connectivity index (χ1n) is 4.56. The fourth-order valence-electron chi connectivity index (χ4n) is 1.26. The van der Waals surface area contributed by atoms with Gasteiger partial charge in [0, 0.05) is 6.04 Å². The second-order valence-electron chi connectivity index (χ2n) is 3.32. The third-order valence-corrected chi connectivity index (χ3v) is 2.44. The molecule has 2 heteroatoms. The zero-order chi connectivity index (χ0) is 8.97. The van der Waals surface area contributed by atoms with Crippen LogP contribution in [0.1, 0.15) is 31.9 Å². The van der Waals surface area contributed by atoms with Crippen molar-refractivity contribution in [2.24, 2.45) is 11.7 Å². The lowest BCUT2D eigenvalue weighted by Gasteiger charge is -2.18. The van der Waals surface area contributed by atoms with Crippen LogP contribution >= 0.6 is 12.4 Å². The molecule has 1 rings (SSSR count). The lowest BCUT2D eigenvalue weighted by Crippen LogP contribution is -2.18. The number of hydrogen-bond donors (Lipinski definition) is 1. The summed E-state index contributed by atoms with van der Waals surface area (Å²) in [4.78, 5) is 0. The molecule has 0 bridgehead atoms. The third kappa shape index (κ3) is 3.37. The van der Waals surface area contributed by atoms with Crippen LogP contribution in [-0.2, 0) is 0 Å². The molecule has 1 aromatic rings. The Bertz CT molecular complexity index is 223. The van der Waals surface area contributed by atoms with Crippen LogP contribution in [0.4, 0.5) is 0 Å². The van der Waals surface area contributed by atoms with Gasteiger partial charge >= 0.3 is 0 Å². The highest BCUT2D eigenvalue weighted by Gasteiger charge is 2.11. The summed E-state index contributed by atoms with van der Waals surface area (Å²) in [5.41, 5.74) is 7.29. The summed E-state index contributed by atoms with van der Waals surface area (Å²) >= 11 is 0. The van der Waals surface area contributed by atoms with Crippen molar-refractivity contribution in [3.8, 4) is 0 Å². The molecule has 13 heavy (non-hydrogen) atoms. The molecule has 1 unspecified atom stereocenters. The first kappa shape index (κ1) is 12.5. The molecule has 0 aromatic heterocycles. The molecule has 0 aliphatic rings. The predicted octanol–water partition coefficient (Wildman–Crippen LogP) is 3.15. The Morgan fingerprint density at radius 1 is 1.23 bits per heavy atom. The van der Waals surface area contributed by atoms with Crippen molar-refractivity contribution in [1.82, 2.24) is 0 Å². The molecule has 0 radical (unpaired) electrons. The molecule has 0 saturated carbocycles. The molecular weight excluding hydrogens is 182 g/mol. The smallest absolute Gasteiger partial charge is 0.0320 e. The first-order valence-corrected chi connectivity index (χ1v) is 4.56. The first-order chi connectivity index (χ1) is 5.75. The Labute approximate surface area is 86.7 Å². The van der Waals surface area contributed by atoms with Crippen molar-refractivity contribution < 1.29 is 0 Å². The molecule has 0 spiro atoms. The summed E-state index contributed by atoms with van der Waals surface area (Å²) in [6.07, 6.45) is 1.13. The lowest BCUT2D eigenvalue weighted by molar-refractivity contribution is 0.457. The maximum Gasteiger partial charge on any atom is 0.0320 e. The summed E-state index contributed by atoms with van der Waals surface area (Å²) < 4.78 is 0. The molecule has 2 N–H and O–H groups in total. The van der Waals surface area contributed by atoms with Gasteiger partial charge in [-0.25, -0.2) is 0 Å². The number of hydrogen-bond acceptors (Lipinski definition) is 1. The molecule has 0 amide bonds. The standard InChI is InChI=1S/C11H17N.ClH/c1-3-9(2)11(12)10-7-5-4-6-8-10;/h4-9,11H,3,12H2,1-2H3;1H/t9?,11-;/m0./s1. The van der Waals surface area contributed by atoms with Gasteiger partial charge in [-0.1, -0.05) is 50.6 Å². The largest absolute Gasteiger partial charge is 0.324 e. The van der Waals surface area contributed by atoms with Gasteiger partial charge in [-0.2, -0.15) is 0 Å². The summed E-state index contributed by atoms with van der Waals surface area (Å²) in [7, 11) is 0. The predicted molar refractivity (Wildman–Crippen MR) is 60.1 cm³/mol. The van der Waals surface area contributed by atoms with E-state index in [2.05, 4.69) is 26.0 Å². The highest BCUT2D eigenvalue weighted by atomic mass is 35.5. The van der Waals surface area contributed by atoms with E-state index in [1.54, 1.807) is 0 Å². The molecule has 2 atom stereocenters. The van der Waals surface area contributed by atoms with Gasteiger partial charge in [0.2, 0.25) is 0 Å². The highest BCUT2D eigenvalue weighted by molar-refractivity contribution is 5.85. The SMILES string of the molecule is CCC(C)[C@H](N)c1ccccc1.Cl.